The molecule has 0 aromatic heterocycles. The van der Waals surface area contributed by atoms with Crippen molar-refractivity contribution in [3.8, 4) is 0 Å². The maximum Gasteiger partial charge on any atom is 0.337 e. The average Bonchev–Trinajstić information content (AvgIpc) is 2.37. The second kappa shape index (κ2) is 7.56. The molecule has 0 aliphatic carbocycles. The van der Waals surface area contributed by atoms with E-state index in [2.05, 4.69) is 11.3 Å². The molecule has 1 aromatic rings. The van der Waals surface area contributed by atoms with Crippen molar-refractivity contribution in [3.63, 3.8) is 0 Å². The van der Waals surface area contributed by atoms with Crippen LogP contribution >= 0.6 is 11.6 Å². The predicted octanol–water partition coefficient (Wildman–Crippen LogP) is 1.91. The molecule has 8 heteroatoms. The van der Waals surface area contributed by atoms with Crippen molar-refractivity contribution >= 4 is 27.6 Å². The Labute approximate surface area is 128 Å². The maximum atomic E-state index is 12.0. The molecule has 0 bridgehead atoms. The van der Waals surface area contributed by atoms with Gasteiger partial charge < -0.3 is 9.84 Å². The molecule has 0 spiro atoms. The van der Waals surface area contributed by atoms with Gasteiger partial charge in [0, 0.05) is 6.54 Å². The Bertz CT molecular complexity index is 642. The molecule has 116 valence electrons. The van der Waals surface area contributed by atoms with Crippen molar-refractivity contribution in [3.05, 3.63) is 40.9 Å². The number of carboxylic acids is 1. The van der Waals surface area contributed by atoms with E-state index in [1.54, 1.807) is 6.92 Å². The molecular weight excluding hydrogens is 318 g/mol. The summed E-state index contributed by atoms with van der Waals surface area (Å²) >= 11 is 5.69. The minimum Gasteiger partial charge on any atom is -0.478 e. The highest BCUT2D eigenvalue weighted by Crippen LogP contribution is 2.20. The molecule has 1 aromatic carbocycles. The van der Waals surface area contributed by atoms with E-state index in [1.165, 1.54) is 12.1 Å². The van der Waals surface area contributed by atoms with Gasteiger partial charge >= 0.3 is 5.97 Å². The van der Waals surface area contributed by atoms with Crippen molar-refractivity contribution in [2.45, 2.75) is 11.8 Å². The fourth-order valence-corrected chi connectivity index (χ4v) is 2.65. The summed E-state index contributed by atoms with van der Waals surface area (Å²) in [6.07, 6.45) is 0. The van der Waals surface area contributed by atoms with E-state index in [9.17, 15) is 13.2 Å². The van der Waals surface area contributed by atoms with Crippen LogP contribution in [0, 0.1) is 0 Å². The molecular formula is C13H16ClNO5S. The number of sulfonamides is 1. The number of carbonyl (C=O) groups is 1. The lowest BCUT2D eigenvalue weighted by Crippen LogP contribution is -2.27. The largest absolute Gasteiger partial charge is 0.478 e. The molecule has 0 aliphatic heterocycles. The zero-order valence-electron chi connectivity index (χ0n) is 11.4. The van der Waals surface area contributed by atoms with Crippen LogP contribution in [0.2, 0.25) is 5.02 Å². The molecule has 0 saturated carbocycles. The number of aromatic carboxylic acids is 1. The van der Waals surface area contributed by atoms with Gasteiger partial charge in [0.25, 0.3) is 0 Å². The summed E-state index contributed by atoms with van der Waals surface area (Å²) in [5.74, 6) is -1.29. The summed E-state index contributed by atoms with van der Waals surface area (Å²) in [6, 6.07) is 3.49. The van der Waals surface area contributed by atoms with Gasteiger partial charge in [-0.15, -0.1) is 0 Å². The van der Waals surface area contributed by atoms with Crippen LogP contribution in [0.1, 0.15) is 17.3 Å². The smallest absolute Gasteiger partial charge is 0.337 e. The Morgan fingerprint density at radius 3 is 2.71 bits per heavy atom. The zero-order valence-corrected chi connectivity index (χ0v) is 13.0. The van der Waals surface area contributed by atoms with Crippen LogP contribution in [0.15, 0.2) is 35.2 Å². The molecule has 2 N–H and O–H groups in total. The predicted molar refractivity (Wildman–Crippen MR) is 79.2 cm³/mol. The zero-order chi connectivity index (χ0) is 16.0. The third kappa shape index (κ3) is 5.47. The highest BCUT2D eigenvalue weighted by atomic mass is 35.5. The maximum absolute atomic E-state index is 12.0. The number of benzene rings is 1. The number of halogens is 1. The van der Waals surface area contributed by atoms with Gasteiger partial charge in [-0.2, -0.15) is 0 Å². The normalized spacial score (nSPS) is 11.3. The Hall–Kier alpha value is -1.41. The average molecular weight is 334 g/mol. The van der Waals surface area contributed by atoms with Gasteiger partial charge in [-0.05, 0) is 25.1 Å². The van der Waals surface area contributed by atoms with Gasteiger partial charge in [0.05, 0.1) is 28.7 Å². The molecule has 1 rings (SSSR count). The topological polar surface area (TPSA) is 92.7 Å². The third-order valence-electron chi connectivity index (χ3n) is 2.37. The van der Waals surface area contributed by atoms with Gasteiger partial charge in [0.2, 0.25) is 10.0 Å². The second-order valence-electron chi connectivity index (χ2n) is 4.35. The van der Waals surface area contributed by atoms with E-state index in [0.717, 1.165) is 11.6 Å². The molecule has 0 heterocycles. The van der Waals surface area contributed by atoms with E-state index in [-0.39, 0.29) is 28.6 Å². The Morgan fingerprint density at radius 2 is 2.14 bits per heavy atom. The van der Waals surface area contributed by atoms with E-state index < -0.39 is 16.0 Å². The van der Waals surface area contributed by atoms with Crippen LogP contribution in [0.3, 0.4) is 0 Å². The first kappa shape index (κ1) is 17.6. The monoisotopic (exact) mass is 333 g/mol. The minimum atomic E-state index is -3.81. The summed E-state index contributed by atoms with van der Waals surface area (Å²) in [5.41, 5.74) is 0.569. The Morgan fingerprint density at radius 1 is 1.48 bits per heavy atom. The quantitative estimate of drug-likeness (QED) is 0.560. The second-order valence-corrected chi connectivity index (χ2v) is 6.53. The minimum absolute atomic E-state index is 0.0220. The van der Waals surface area contributed by atoms with Gasteiger partial charge in [0.15, 0.2) is 0 Å². The van der Waals surface area contributed by atoms with Crippen molar-refractivity contribution in [1.29, 1.82) is 0 Å². The Balaban J connectivity index is 2.72. The first-order chi connectivity index (χ1) is 9.74. The SMILES string of the molecule is C=C(C)COCCNS(=O)(=O)c1ccc(Cl)c(C(=O)O)c1. The van der Waals surface area contributed by atoms with Crippen molar-refractivity contribution in [2.75, 3.05) is 19.8 Å². The van der Waals surface area contributed by atoms with Crippen molar-refractivity contribution < 1.29 is 23.1 Å². The van der Waals surface area contributed by atoms with Gasteiger partial charge in [-0.1, -0.05) is 23.8 Å². The summed E-state index contributed by atoms with van der Waals surface area (Å²) < 4.78 is 31.5. The molecule has 0 unspecified atom stereocenters. The fourth-order valence-electron chi connectivity index (χ4n) is 1.41. The molecule has 0 fully saturated rings. The summed E-state index contributed by atoms with van der Waals surface area (Å²) in [4.78, 5) is 10.8. The van der Waals surface area contributed by atoms with E-state index in [1.807, 2.05) is 0 Å². The number of carboxylic acid groups (broad SMARTS) is 1. The van der Waals surface area contributed by atoms with Gasteiger partial charge in [-0.25, -0.2) is 17.9 Å². The lowest BCUT2D eigenvalue weighted by Gasteiger charge is -2.08. The molecule has 0 aliphatic rings. The van der Waals surface area contributed by atoms with Crippen LogP contribution in [-0.4, -0.2) is 39.3 Å². The number of ether oxygens (including phenoxy) is 1. The fraction of sp³-hybridized carbons (Fsp3) is 0.308. The van der Waals surface area contributed by atoms with Gasteiger partial charge in [-0.3, -0.25) is 0 Å². The van der Waals surface area contributed by atoms with Crippen molar-refractivity contribution in [1.82, 2.24) is 4.72 Å². The van der Waals surface area contributed by atoms with Crippen LogP contribution in [0.25, 0.3) is 0 Å². The van der Waals surface area contributed by atoms with Crippen molar-refractivity contribution in [2.24, 2.45) is 0 Å². The molecule has 21 heavy (non-hydrogen) atoms. The van der Waals surface area contributed by atoms with Crippen LogP contribution in [0.4, 0.5) is 0 Å². The third-order valence-corrected chi connectivity index (χ3v) is 4.15. The first-order valence-electron chi connectivity index (χ1n) is 5.98. The Kier molecular flexibility index (Phi) is 6.35. The molecule has 6 nitrogen and oxygen atoms in total. The summed E-state index contributed by atoms with van der Waals surface area (Å²) in [7, 11) is -3.81. The number of hydrogen-bond acceptors (Lipinski definition) is 4. The summed E-state index contributed by atoms with van der Waals surface area (Å²) in [6.45, 7) is 6.06. The van der Waals surface area contributed by atoms with E-state index in [0.29, 0.717) is 6.61 Å². The van der Waals surface area contributed by atoms with E-state index in [4.69, 9.17) is 21.4 Å². The lowest BCUT2D eigenvalue weighted by molar-refractivity contribution is 0.0697. The summed E-state index contributed by atoms with van der Waals surface area (Å²) in [5, 5.41) is 8.90. The lowest BCUT2D eigenvalue weighted by atomic mass is 10.2. The van der Waals surface area contributed by atoms with Crippen LogP contribution < -0.4 is 4.72 Å². The van der Waals surface area contributed by atoms with Crippen LogP contribution in [-0.2, 0) is 14.8 Å². The molecule has 0 radical (unpaired) electrons. The number of nitrogens with one attached hydrogen (secondary N) is 1. The highest BCUT2D eigenvalue weighted by Gasteiger charge is 2.17. The highest BCUT2D eigenvalue weighted by molar-refractivity contribution is 7.89. The first-order valence-corrected chi connectivity index (χ1v) is 7.85. The van der Waals surface area contributed by atoms with Crippen LogP contribution in [0.5, 0.6) is 0 Å². The molecule has 0 saturated heterocycles. The number of rotatable bonds is 8. The number of hydrogen-bond donors (Lipinski definition) is 2. The molecule has 0 atom stereocenters. The standard InChI is InChI=1S/C13H16ClNO5S/c1-9(2)8-20-6-5-15-21(18,19)10-3-4-12(14)11(7-10)13(16)17/h3-4,7,15H,1,5-6,8H2,2H3,(H,16,17). The molecule has 0 amide bonds. The van der Waals surface area contributed by atoms with E-state index >= 15 is 0 Å². The van der Waals surface area contributed by atoms with Gasteiger partial charge in [0.1, 0.15) is 0 Å².